The van der Waals surface area contributed by atoms with Crippen molar-refractivity contribution in [2.75, 3.05) is 26.8 Å². The van der Waals surface area contributed by atoms with Crippen LogP contribution in [0.15, 0.2) is 4.99 Å². The fraction of sp³-hybridized carbons (Fsp3) is 0.933. The van der Waals surface area contributed by atoms with Gasteiger partial charge in [0.2, 0.25) is 0 Å². The van der Waals surface area contributed by atoms with Crippen molar-refractivity contribution < 1.29 is 4.74 Å². The number of hydrogen-bond acceptors (Lipinski definition) is 2. The Balaban J connectivity index is 1.46. The molecule has 0 amide bonds. The Kier molecular flexibility index (Phi) is 5.95. The normalized spacial score (nSPS) is 26.3. The standard InChI is InChI=1S/C15H29N3O/c1-3-5-13-10-14(13)18-15(16-2)17-8-4-9-19-11-12-6-7-12/h12-14H,3-11H2,1-2H3,(H2,16,17,18). The van der Waals surface area contributed by atoms with Crippen molar-refractivity contribution in [3.8, 4) is 0 Å². The minimum Gasteiger partial charge on any atom is -0.381 e. The quantitative estimate of drug-likeness (QED) is 0.382. The predicted molar refractivity (Wildman–Crippen MR) is 79.5 cm³/mol. The van der Waals surface area contributed by atoms with Gasteiger partial charge in [-0.05, 0) is 43.9 Å². The van der Waals surface area contributed by atoms with Crippen molar-refractivity contribution in [3.63, 3.8) is 0 Å². The van der Waals surface area contributed by atoms with E-state index in [1.807, 2.05) is 7.05 Å². The van der Waals surface area contributed by atoms with Crippen LogP contribution < -0.4 is 10.6 Å². The van der Waals surface area contributed by atoms with E-state index in [1.54, 1.807) is 0 Å². The number of nitrogens with zero attached hydrogens (tertiary/aromatic N) is 1. The van der Waals surface area contributed by atoms with Gasteiger partial charge in [0.05, 0.1) is 0 Å². The topological polar surface area (TPSA) is 45.7 Å². The van der Waals surface area contributed by atoms with Crippen molar-refractivity contribution in [2.24, 2.45) is 16.8 Å². The lowest BCUT2D eigenvalue weighted by atomic mass is 10.2. The molecular formula is C15H29N3O. The molecule has 0 aromatic heterocycles. The van der Waals surface area contributed by atoms with Crippen molar-refractivity contribution in [3.05, 3.63) is 0 Å². The number of hydrogen-bond donors (Lipinski definition) is 2. The van der Waals surface area contributed by atoms with E-state index in [4.69, 9.17) is 4.74 Å². The van der Waals surface area contributed by atoms with E-state index in [9.17, 15) is 0 Å². The van der Waals surface area contributed by atoms with E-state index in [2.05, 4.69) is 22.5 Å². The molecule has 0 heterocycles. The lowest BCUT2D eigenvalue weighted by Crippen LogP contribution is -2.39. The largest absolute Gasteiger partial charge is 0.381 e. The molecule has 0 radical (unpaired) electrons. The highest BCUT2D eigenvalue weighted by atomic mass is 16.5. The number of ether oxygens (including phenoxy) is 1. The van der Waals surface area contributed by atoms with Crippen LogP contribution in [0.2, 0.25) is 0 Å². The van der Waals surface area contributed by atoms with Gasteiger partial charge in [-0.1, -0.05) is 13.3 Å². The second kappa shape index (κ2) is 7.73. The third kappa shape index (κ3) is 5.81. The maximum Gasteiger partial charge on any atom is 0.191 e. The smallest absolute Gasteiger partial charge is 0.191 e. The molecule has 0 aromatic carbocycles. The average molecular weight is 267 g/mol. The minimum atomic E-state index is 0.650. The van der Waals surface area contributed by atoms with E-state index in [-0.39, 0.29) is 0 Å². The number of guanidine groups is 1. The first-order chi connectivity index (χ1) is 9.33. The monoisotopic (exact) mass is 267 g/mol. The number of aliphatic imine (C=N–C) groups is 1. The van der Waals surface area contributed by atoms with E-state index < -0.39 is 0 Å². The summed E-state index contributed by atoms with van der Waals surface area (Å²) in [6.07, 6.45) is 7.72. The van der Waals surface area contributed by atoms with Crippen LogP contribution in [0.25, 0.3) is 0 Å². The molecule has 2 saturated carbocycles. The molecule has 19 heavy (non-hydrogen) atoms. The first-order valence-corrected chi connectivity index (χ1v) is 7.88. The fourth-order valence-electron chi connectivity index (χ4n) is 2.40. The van der Waals surface area contributed by atoms with Gasteiger partial charge in [-0.25, -0.2) is 0 Å². The van der Waals surface area contributed by atoms with Crippen LogP contribution in [0.4, 0.5) is 0 Å². The van der Waals surface area contributed by atoms with Gasteiger partial charge >= 0.3 is 0 Å². The van der Waals surface area contributed by atoms with Gasteiger partial charge in [0, 0.05) is 32.8 Å². The zero-order valence-corrected chi connectivity index (χ0v) is 12.5. The molecule has 0 spiro atoms. The Morgan fingerprint density at radius 3 is 2.89 bits per heavy atom. The highest BCUT2D eigenvalue weighted by Crippen LogP contribution is 2.34. The highest BCUT2D eigenvalue weighted by Gasteiger charge is 2.36. The molecule has 2 N–H and O–H groups in total. The van der Waals surface area contributed by atoms with Crippen molar-refractivity contribution >= 4 is 5.96 Å². The van der Waals surface area contributed by atoms with Crippen LogP contribution in [0.3, 0.4) is 0 Å². The van der Waals surface area contributed by atoms with E-state index in [0.29, 0.717) is 6.04 Å². The molecule has 0 aliphatic heterocycles. The highest BCUT2D eigenvalue weighted by molar-refractivity contribution is 5.80. The minimum absolute atomic E-state index is 0.650. The van der Waals surface area contributed by atoms with Crippen LogP contribution in [-0.2, 0) is 4.74 Å². The summed E-state index contributed by atoms with van der Waals surface area (Å²) >= 11 is 0. The summed E-state index contributed by atoms with van der Waals surface area (Å²) in [4.78, 5) is 4.27. The van der Waals surface area contributed by atoms with Crippen LogP contribution in [0.1, 0.15) is 45.4 Å². The number of nitrogens with one attached hydrogen (secondary N) is 2. The summed E-state index contributed by atoms with van der Waals surface area (Å²) in [6.45, 7) is 5.02. The molecular weight excluding hydrogens is 238 g/mol. The Morgan fingerprint density at radius 2 is 2.21 bits per heavy atom. The number of rotatable bonds is 9. The van der Waals surface area contributed by atoms with Gasteiger partial charge in [0.1, 0.15) is 0 Å². The molecule has 110 valence electrons. The second-order valence-electron chi connectivity index (χ2n) is 5.91. The maximum atomic E-state index is 5.62. The SMILES string of the molecule is CCCC1CC1NC(=NC)NCCCOCC1CC1. The molecule has 2 fully saturated rings. The van der Waals surface area contributed by atoms with Gasteiger partial charge in [-0.15, -0.1) is 0 Å². The lowest BCUT2D eigenvalue weighted by molar-refractivity contribution is 0.123. The lowest BCUT2D eigenvalue weighted by Gasteiger charge is -2.11. The van der Waals surface area contributed by atoms with Gasteiger partial charge < -0.3 is 15.4 Å². The molecule has 2 aliphatic rings. The van der Waals surface area contributed by atoms with Crippen molar-refractivity contribution in [1.29, 1.82) is 0 Å². The fourth-order valence-corrected chi connectivity index (χ4v) is 2.40. The Hall–Kier alpha value is -0.770. The summed E-state index contributed by atoms with van der Waals surface area (Å²) < 4.78 is 5.62. The summed E-state index contributed by atoms with van der Waals surface area (Å²) in [6, 6.07) is 0.650. The van der Waals surface area contributed by atoms with Crippen LogP contribution >= 0.6 is 0 Å². The van der Waals surface area contributed by atoms with Crippen molar-refractivity contribution in [1.82, 2.24) is 10.6 Å². The molecule has 2 aliphatic carbocycles. The Bertz CT molecular complexity index is 289. The van der Waals surface area contributed by atoms with E-state index in [0.717, 1.165) is 44.0 Å². The van der Waals surface area contributed by atoms with E-state index in [1.165, 1.54) is 32.1 Å². The summed E-state index contributed by atoms with van der Waals surface area (Å²) in [5.74, 6) is 2.68. The molecule has 4 nitrogen and oxygen atoms in total. The molecule has 0 saturated heterocycles. The average Bonchev–Trinajstić information content (AvgIpc) is 3.30. The molecule has 4 heteroatoms. The molecule has 2 rings (SSSR count). The molecule has 2 unspecified atom stereocenters. The Labute approximate surface area is 117 Å². The third-order valence-electron chi connectivity index (χ3n) is 3.94. The van der Waals surface area contributed by atoms with Gasteiger partial charge in [0.15, 0.2) is 5.96 Å². The van der Waals surface area contributed by atoms with E-state index >= 15 is 0 Å². The van der Waals surface area contributed by atoms with Gasteiger partial charge in [0.25, 0.3) is 0 Å². The van der Waals surface area contributed by atoms with Crippen LogP contribution in [-0.4, -0.2) is 38.8 Å². The Morgan fingerprint density at radius 1 is 1.37 bits per heavy atom. The summed E-state index contributed by atoms with van der Waals surface area (Å²) in [5.41, 5.74) is 0. The molecule has 2 atom stereocenters. The maximum absolute atomic E-state index is 5.62. The zero-order valence-electron chi connectivity index (χ0n) is 12.5. The predicted octanol–water partition coefficient (Wildman–Crippen LogP) is 2.16. The zero-order chi connectivity index (χ0) is 13.5. The first-order valence-electron chi connectivity index (χ1n) is 7.88. The first kappa shape index (κ1) is 14.6. The third-order valence-corrected chi connectivity index (χ3v) is 3.94. The summed E-state index contributed by atoms with van der Waals surface area (Å²) in [7, 11) is 1.84. The van der Waals surface area contributed by atoms with Crippen molar-refractivity contribution in [2.45, 2.75) is 51.5 Å². The summed E-state index contributed by atoms with van der Waals surface area (Å²) in [5, 5.41) is 6.86. The van der Waals surface area contributed by atoms with Crippen LogP contribution in [0, 0.1) is 11.8 Å². The van der Waals surface area contributed by atoms with Crippen LogP contribution in [0.5, 0.6) is 0 Å². The van der Waals surface area contributed by atoms with Gasteiger partial charge in [-0.3, -0.25) is 4.99 Å². The van der Waals surface area contributed by atoms with Gasteiger partial charge in [-0.2, -0.15) is 0 Å². The molecule has 0 aromatic rings. The second-order valence-corrected chi connectivity index (χ2v) is 5.91. The molecule has 0 bridgehead atoms.